The zero-order valence-corrected chi connectivity index (χ0v) is 13.9. The molecule has 0 saturated heterocycles. The fourth-order valence-electron chi connectivity index (χ4n) is 2.63. The highest BCUT2D eigenvalue weighted by atomic mass is 19.1. The molecule has 1 aliphatic carbocycles. The lowest BCUT2D eigenvalue weighted by molar-refractivity contribution is 0.220. The number of amides is 2. The second-order valence-electron chi connectivity index (χ2n) is 6.14. The first-order valence-electron chi connectivity index (χ1n) is 8.01. The SMILES string of the molecule is COc1ccc(CN(C)C(=O)Nc2ccc(C3CC3)c(F)c2)cc1. The highest BCUT2D eigenvalue weighted by Gasteiger charge is 2.26. The molecule has 0 unspecified atom stereocenters. The highest BCUT2D eigenvalue weighted by Crippen LogP contribution is 2.41. The van der Waals surface area contributed by atoms with Crippen molar-refractivity contribution in [2.45, 2.75) is 25.3 Å². The summed E-state index contributed by atoms with van der Waals surface area (Å²) in [5.74, 6) is 0.887. The molecular weight excluding hydrogens is 307 g/mol. The van der Waals surface area contributed by atoms with Crippen LogP contribution in [0.5, 0.6) is 5.75 Å². The van der Waals surface area contributed by atoms with Crippen LogP contribution in [0.25, 0.3) is 0 Å². The molecule has 24 heavy (non-hydrogen) atoms. The van der Waals surface area contributed by atoms with E-state index < -0.39 is 0 Å². The van der Waals surface area contributed by atoms with Gasteiger partial charge in [-0.2, -0.15) is 0 Å². The third kappa shape index (κ3) is 3.85. The van der Waals surface area contributed by atoms with Crippen molar-refractivity contribution in [2.75, 3.05) is 19.5 Å². The minimum absolute atomic E-state index is 0.242. The lowest BCUT2D eigenvalue weighted by atomic mass is 10.1. The first-order chi connectivity index (χ1) is 11.6. The van der Waals surface area contributed by atoms with Crippen LogP contribution in [0.1, 0.15) is 29.9 Å². The van der Waals surface area contributed by atoms with Crippen molar-refractivity contribution in [3.63, 3.8) is 0 Å². The number of carbonyl (C=O) groups excluding carboxylic acids is 1. The predicted molar refractivity (Wildman–Crippen MR) is 91.9 cm³/mol. The Morgan fingerprint density at radius 1 is 1.25 bits per heavy atom. The quantitative estimate of drug-likeness (QED) is 0.885. The van der Waals surface area contributed by atoms with Crippen LogP contribution in [0, 0.1) is 5.82 Å². The van der Waals surface area contributed by atoms with E-state index in [-0.39, 0.29) is 11.8 Å². The molecule has 4 nitrogen and oxygen atoms in total. The van der Waals surface area contributed by atoms with E-state index in [1.54, 1.807) is 31.2 Å². The number of benzene rings is 2. The Kier molecular flexibility index (Phi) is 4.69. The molecule has 0 atom stereocenters. The van der Waals surface area contributed by atoms with Gasteiger partial charge in [0.15, 0.2) is 0 Å². The topological polar surface area (TPSA) is 41.6 Å². The van der Waals surface area contributed by atoms with Crippen LogP contribution < -0.4 is 10.1 Å². The number of halogens is 1. The van der Waals surface area contributed by atoms with Gasteiger partial charge in [-0.25, -0.2) is 9.18 Å². The summed E-state index contributed by atoms with van der Waals surface area (Å²) in [6.45, 7) is 0.457. The van der Waals surface area contributed by atoms with Crippen LogP contribution in [0.3, 0.4) is 0 Å². The number of nitrogens with one attached hydrogen (secondary N) is 1. The normalized spacial score (nSPS) is 13.5. The first-order valence-corrected chi connectivity index (χ1v) is 8.01. The number of nitrogens with zero attached hydrogens (tertiary/aromatic N) is 1. The van der Waals surface area contributed by atoms with Crippen LogP contribution in [-0.4, -0.2) is 25.1 Å². The number of methoxy groups -OCH3 is 1. The summed E-state index contributed by atoms with van der Waals surface area (Å²) >= 11 is 0. The van der Waals surface area contributed by atoms with Gasteiger partial charge in [0.2, 0.25) is 0 Å². The summed E-state index contributed by atoms with van der Waals surface area (Å²) in [7, 11) is 3.32. The summed E-state index contributed by atoms with van der Waals surface area (Å²) in [5, 5.41) is 2.73. The summed E-state index contributed by atoms with van der Waals surface area (Å²) in [5.41, 5.74) is 2.21. The lowest BCUT2D eigenvalue weighted by Gasteiger charge is -2.18. The van der Waals surface area contributed by atoms with E-state index in [1.807, 2.05) is 24.3 Å². The van der Waals surface area contributed by atoms with Crippen LogP contribution in [0.4, 0.5) is 14.9 Å². The van der Waals surface area contributed by atoms with Crippen LogP contribution in [-0.2, 0) is 6.54 Å². The molecule has 1 fully saturated rings. The van der Waals surface area contributed by atoms with E-state index in [4.69, 9.17) is 4.74 Å². The van der Waals surface area contributed by atoms with Gasteiger partial charge in [0.25, 0.3) is 0 Å². The molecule has 0 aliphatic heterocycles. The Balaban J connectivity index is 1.59. The second-order valence-corrected chi connectivity index (χ2v) is 6.14. The molecule has 1 N–H and O–H groups in total. The average molecular weight is 328 g/mol. The molecule has 0 aromatic heterocycles. The van der Waals surface area contributed by atoms with Crippen molar-refractivity contribution in [1.29, 1.82) is 0 Å². The lowest BCUT2D eigenvalue weighted by Crippen LogP contribution is -2.30. The van der Waals surface area contributed by atoms with E-state index in [1.165, 1.54) is 6.07 Å². The molecule has 0 spiro atoms. The maximum absolute atomic E-state index is 14.0. The van der Waals surface area contributed by atoms with Crippen molar-refractivity contribution in [1.82, 2.24) is 4.90 Å². The third-order valence-corrected chi connectivity index (χ3v) is 4.19. The summed E-state index contributed by atoms with van der Waals surface area (Å²) < 4.78 is 19.1. The van der Waals surface area contributed by atoms with Crippen molar-refractivity contribution in [2.24, 2.45) is 0 Å². The van der Waals surface area contributed by atoms with Gasteiger partial charge in [0, 0.05) is 19.3 Å². The number of hydrogen-bond acceptors (Lipinski definition) is 2. The zero-order chi connectivity index (χ0) is 17.1. The summed E-state index contributed by atoms with van der Waals surface area (Å²) in [4.78, 5) is 13.8. The van der Waals surface area contributed by atoms with E-state index in [0.29, 0.717) is 18.2 Å². The van der Waals surface area contributed by atoms with E-state index in [2.05, 4.69) is 5.32 Å². The van der Waals surface area contributed by atoms with Gasteiger partial charge in [-0.15, -0.1) is 0 Å². The fourth-order valence-corrected chi connectivity index (χ4v) is 2.63. The fraction of sp³-hybridized carbons (Fsp3) is 0.316. The Hall–Kier alpha value is -2.56. The molecule has 0 bridgehead atoms. The van der Waals surface area contributed by atoms with Crippen LogP contribution in [0.15, 0.2) is 42.5 Å². The monoisotopic (exact) mass is 328 g/mol. The minimum atomic E-state index is -0.274. The number of carbonyl (C=O) groups is 1. The van der Waals surface area contributed by atoms with Crippen LogP contribution >= 0.6 is 0 Å². The van der Waals surface area contributed by atoms with E-state index >= 15 is 0 Å². The van der Waals surface area contributed by atoms with Gasteiger partial charge in [-0.1, -0.05) is 18.2 Å². The summed E-state index contributed by atoms with van der Waals surface area (Å²) in [6, 6.07) is 12.2. The van der Waals surface area contributed by atoms with Crippen molar-refractivity contribution in [3.05, 3.63) is 59.4 Å². The molecule has 2 aromatic carbocycles. The van der Waals surface area contributed by atoms with Gasteiger partial charge in [-0.05, 0) is 54.2 Å². The maximum Gasteiger partial charge on any atom is 0.321 e. The standard InChI is InChI=1S/C19H21FN2O2/c1-22(12-13-3-8-16(24-2)9-4-13)19(23)21-15-7-10-17(14-5-6-14)18(20)11-15/h3-4,7-11,14H,5-6,12H2,1-2H3,(H,21,23). The molecular formula is C19H21FN2O2. The Labute approximate surface area is 141 Å². The second kappa shape index (κ2) is 6.91. The summed E-state index contributed by atoms with van der Waals surface area (Å²) in [6.07, 6.45) is 2.10. The van der Waals surface area contributed by atoms with Gasteiger partial charge >= 0.3 is 6.03 Å². The largest absolute Gasteiger partial charge is 0.497 e. The highest BCUT2D eigenvalue weighted by molar-refractivity contribution is 5.89. The Morgan fingerprint density at radius 2 is 1.96 bits per heavy atom. The maximum atomic E-state index is 14.0. The van der Waals surface area contributed by atoms with Crippen molar-refractivity contribution >= 4 is 11.7 Å². The van der Waals surface area contributed by atoms with Gasteiger partial charge in [0.1, 0.15) is 11.6 Å². The predicted octanol–water partition coefficient (Wildman–Crippen LogP) is 4.38. The van der Waals surface area contributed by atoms with Crippen molar-refractivity contribution < 1.29 is 13.9 Å². The molecule has 1 aliphatic rings. The number of hydrogen-bond donors (Lipinski definition) is 1. The number of rotatable bonds is 5. The minimum Gasteiger partial charge on any atom is -0.497 e. The Bertz CT molecular complexity index is 727. The van der Waals surface area contributed by atoms with Crippen molar-refractivity contribution in [3.8, 4) is 5.75 Å². The van der Waals surface area contributed by atoms with Gasteiger partial charge in [0.05, 0.1) is 7.11 Å². The smallest absolute Gasteiger partial charge is 0.321 e. The third-order valence-electron chi connectivity index (χ3n) is 4.19. The van der Waals surface area contributed by atoms with E-state index in [9.17, 15) is 9.18 Å². The first kappa shape index (κ1) is 16.3. The molecule has 3 rings (SSSR count). The molecule has 126 valence electrons. The molecule has 0 radical (unpaired) electrons. The molecule has 5 heteroatoms. The number of anilines is 1. The van der Waals surface area contributed by atoms with Gasteiger partial charge < -0.3 is 15.0 Å². The zero-order valence-electron chi connectivity index (χ0n) is 13.9. The van der Waals surface area contributed by atoms with Gasteiger partial charge in [-0.3, -0.25) is 0 Å². The average Bonchev–Trinajstić information content (AvgIpc) is 3.40. The number of ether oxygens (including phenoxy) is 1. The van der Waals surface area contributed by atoms with Crippen LogP contribution in [0.2, 0.25) is 0 Å². The molecule has 2 amide bonds. The molecule has 0 heterocycles. The molecule has 2 aromatic rings. The van der Waals surface area contributed by atoms with E-state index in [0.717, 1.165) is 29.7 Å². The molecule has 1 saturated carbocycles. The Morgan fingerprint density at radius 3 is 2.54 bits per heavy atom. The number of urea groups is 1.